The molecule has 0 saturated heterocycles. The summed E-state index contributed by atoms with van der Waals surface area (Å²) in [6.45, 7) is 10.6. The van der Waals surface area contributed by atoms with Crippen molar-refractivity contribution in [3.8, 4) is 0 Å². The quantitative estimate of drug-likeness (QED) is 0.771. The topological polar surface area (TPSA) is 46.9 Å². The predicted octanol–water partition coefficient (Wildman–Crippen LogP) is 4.52. The van der Waals surface area contributed by atoms with Gasteiger partial charge in [0.1, 0.15) is 0 Å². The molecule has 2 aromatic rings. The predicted molar refractivity (Wildman–Crippen MR) is 104 cm³/mol. The molecule has 1 aromatic carbocycles. The Balaban J connectivity index is 2.18. The number of nitrogens with zero attached hydrogens (tertiary/aromatic N) is 2. The first-order valence-corrected chi connectivity index (χ1v) is 8.89. The van der Waals surface area contributed by atoms with Crippen LogP contribution in [-0.4, -0.2) is 21.2 Å². The molecule has 1 N–H and O–H groups in total. The summed E-state index contributed by atoms with van der Waals surface area (Å²) in [6, 6.07) is 7.75. The standard InChI is InChI=1S/C20H26ClN3O/c1-6-20(4,5)22-19(25)12-11-17-14(2)23-24(15(17)3)13-16-9-7-8-10-18(16)21/h7-12H,6,13H2,1-5H3,(H,22,25)/b12-11+. The van der Waals surface area contributed by atoms with Crippen molar-refractivity contribution in [2.75, 3.05) is 0 Å². The number of aromatic nitrogens is 2. The second-order valence-corrected chi connectivity index (χ2v) is 7.30. The zero-order valence-electron chi connectivity index (χ0n) is 15.6. The third kappa shape index (κ3) is 4.95. The van der Waals surface area contributed by atoms with Crippen molar-refractivity contribution < 1.29 is 4.79 Å². The molecule has 5 heteroatoms. The first-order chi connectivity index (χ1) is 11.7. The van der Waals surface area contributed by atoms with Crippen LogP contribution >= 0.6 is 11.6 Å². The monoisotopic (exact) mass is 359 g/mol. The van der Waals surface area contributed by atoms with Gasteiger partial charge in [-0.1, -0.05) is 36.7 Å². The molecular weight excluding hydrogens is 334 g/mol. The van der Waals surface area contributed by atoms with Crippen molar-refractivity contribution in [3.05, 3.63) is 57.9 Å². The SMILES string of the molecule is CCC(C)(C)NC(=O)/C=C/c1c(C)nn(Cc2ccccc2Cl)c1C. The Labute approximate surface area is 154 Å². The van der Waals surface area contributed by atoms with Gasteiger partial charge in [0, 0.05) is 27.9 Å². The van der Waals surface area contributed by atoms with Gasteiger partial charge >= 0.3 is 0 Å². The largest absolute Gasteiger partial charge is 0.348 e. The lowest BCUT2D eigenvalue weighted by Gasteiger charge is -2.23. The number of nitrogens with one attached hydrogen (secondary N) is 1. The fourth-order valence-corrected chi connectivity index (χ4v) is 2.71. The number of amides is 1. The maximum absolute atomic E-state index is 12.1. The van der Waals surface area contributed by atoms with E-state index in [-0.39, 0.29) is 11.4 Å². The molecule has 25 heavy (non-hydrogen) atoms. The average molecular weight is 360 g/mol. The number of rotatable bonds is 6. The van der Waals surface area contributed by atoms with Gasteiger partial charge < -0.3 is 5.32 Å². The molecule has 0 bridgehead atoms. The summed E-state index contributed by atoms with van der Waals surface area (Å²) in [4.78, 5) is 12.1. The molecule has 4 nitrogen and oxygen atoms in total. The number of halogens is 1. The van der Waals surface area contributed by atoms with Crippen LogP contribution in [0.15, 0.2) is 30.3 Å². The van der Waals surface area contributed by atoms with E-state index in [2.05, 4.69) is 17.3 Å². The first kappa shape index (κ1) is 19.3. The summed E-state index contributed by atoms with van der Waals surface area (Å²) in [5.74, 6) is -0.0931. The van der Waals surface area contributed by atoms with Crippen molar-refractivity contribution in [1.29, 1.82) is 0 Å². The van der Waals surface area contributed by atoms with Gasteiger partial charge in [-0.2, -0.15) is 5.10 Å². The number of carbonyl (C=O) groups is 1. The van der Waals surface area contributed by atoms with Crippen LogP contribution in [0.4, 0.5) is 0 Å². The molecule has 1 aromatic heterocycles. The summed E-state index contributed by atoms with van der Waals surface area (Å²) in [5.41, 5.74) is 3.68. The lowest BCUT2D eigenvalue weighted by atomic mass is 10.0. The first-order valence-electron chi connectivity index (χ1n) is 8.51. The van der Waals surface area contributed by atoms with E-state index in [0.717, 1.165) is 34.0 Å². The van der Waals surface area contributed by atoms with Crippen LogP contribution in [0.5, 0.6) is 0 Å². The van der Waals surface area contributed by atoms with Crippen LogP contribution in [0.1, 0.15) is 49.7 Å². The summed E-state index contributed by atoms with van der Waals surface area (Å²) in [7, 11) is 0. The average Bonchev–Trinajstić information content (AvgIpc) is 2.81. The molecule has 1 amide bonds. The third-order valence-electron chi connectivity index (χ3n) is 4.46. The van der Waals surface area contributed by atoms with Gasteiger partial charge in [0.05, 0.1) is 12.2 Å². The summed E-state index contributed by atoms with van der Waals surface area (Å²) < 4.78 is 1.92. The maximum atomic E-state index is 12.1. The molecule has 0 fully saturated rings. The fraction of sp³-hybridized carbons (Fsp3) is 0.400. The van der Waals surface area contributed by atoms with Crippen LogP contribution in [-0.2, 0) is 11.3 Å². The molecule has 0 aliphatic heterocycles. The van der Waals surface area contributed by atoms with Gasteiger partial charge in [0.15, 0.2) is 0 Å². The van der Waals surface area contributed by atoms with Crippen LogP contribution in [0.25, 0.3) is 6.08 Å². The maximum Gasteiger partial charge on any atom is 0.244 e. The second-order valence-electron chi connectivity index (χ2n) is 6.89. The summed E-state index contributed by atoms with van der Waals surface area (Å²) >= 11 is 6.24. The van der Waals surface area contributed by atoms with Crippen molar-refractivity contribution in [2.24, 2.45) is 0 Å². The van der Waals surface area contributed by atoms with Gasteiger partial charge in [-0.3, -0.25) is 9.48 Å². The molecule has 0 aliphatic carbocycles. The highest BCUT2D eigenvalue weighted by Gasteiger charge is 2.16. The van der Waals surface area contributed by atoms with E-state index in [1.165, 1.54) is 0 Å². The van der Waals surface area contributed by atoms with Gasteiger partial charge in [-0.25, -0.2) is 0 Å². The van der Waals surface area contributed by atoms with Crippen molar-refractivity contribution in [2.45, 2.75) is 53.1 Å². The Kier molecular flexibility index (Phi) is 6.07. The summed E-state index contributed by atoms with van der Waals surface area (Å²) in [6.07, 6.45) is 4.29. The molecule has 134 valence electrons. The molecular formula is C20H26ClN3O. The van der Waals surface area contributed by atoms with Crippen molar-refractivity contribution >= 4 is 23.6 Å². The highest BCUT2D eigenvalue weighted by molar-refractivity contribution is 6.31. The van der Waals surface area contributed by atoms with Gasteiger partial charge in [0.2, 0.25) is 5.91 Å². The van der Waals surface area contributed by atoms with Crippen LogP contribution in [0.2, 0.25) is 5.02 Å². The Morgan fingerprint density at radius 2 is 2.00 bits per heavy atom. The number of aryl methyl sites for hydroxylation is 1. The number of carbonyl (C=O) groups excluding carboxylic acids is 1. The van der Waals surface area contributed by atoms with E-state index in [9.17, 15) is 4.79 Å². The van der Waals surface area contributed by atoms with Gasteiger partial charge in [-0.05, 0) is 51.8 Å². The minimum atomic E-state index is -0.209. The molecule has 0 saturated carbocycles. The Hall–Kier alpha value is -2.07. The van der Waals surface area contributed by atoms with E-state index in [4.69, 9.17) is 11.6 Å². The van der Waals surface area contributed by atoms with Crippen LogP contribution in [0, 0.1) is 13.8 Å². The smallest absolute Gasteiger partial charge is 0.244 e. The Bertz CT molecular complexity index is 790. The number of hydrogen-bond donors (Lipinski definition) is 1. The molecule has 0 atom stereocenters. The molecule has 0 aliphatic rings. The van der Waals surface area contributed by atoms with Gasteiger partial charge in [-0.15, -0.1) is 0 Å². The lowest BCUT2D eigenvalue weighted by molar-refractivity contribution is -0.117. The van der Waals surface area contributed by atoms with Crippen molar-refractivity contribution in [3.63, 3.8) is 0 Å². The van der Waals surface area contributed by atoms with E-state index in [1.54, 1.807) is 6.08 Å². The molecule has 2 rings (SSSR count). The minimum absolute atomic E-state index is 0.0931. The lowest BCUT2D eigenvalue weighted by Crippen LogP contribution is -2.41. The molecule has 0 unspecified atom stereocenters. The third-order valence-corrected chi connectivity index (χ3v) is 4.83. The fourth-order valence-electron chi connectivity index (χ4n) is 2.52. The zero-order chi connectivity index (χ0) is 18.6. The zero-order valence-corrected chi connectivity index (χ0v) is 16.3. The highest BCUT2D eigenvalue weighted by atomic mass is 35.5. The minimum Gasteiger partial charge on any atom is -0.348 e. The van der Waals surface area contributed by atoms with E-state index >= 15 is 0 Å². The van der Waals surface area contributed by atoms with Gasteiger partial charge in [0.25, 0.3) is 0 Å². The van der Waals surface area contributed by atoms with Crippen molar-refractivity contribution in [1.82, 2.24) is 15.1 Å². The van der Waals surface area contributed by atoms with Crippen LogP contribution in [0.3, 0.4) is 0 Å². The van der Waals surface area contributed by atoms with E-state index in [1.807, 2.05) is 62.7 Å². The highest BCUT2D eigenvalue weighted by Crippen LogP contribution is 2.20. The van der Waals surface area contributed by atoms with E-state index in [0.29, 0.717) is 6.54 Å². The molecule has 1 heterocycles. The van der Waals surface area contributed by atoms with E-state index < -0.39 is 0 Å². The summed E-state index contributed by atoms with van der Waals surface area (Å²) in [5, 5.41) is 8.32. The molecule has 0 spiro atoms. The molecule has 0 radical (unpaired) electrons. The number of benzene rings is 1. The second kappa shape index (κ2) is 7.87. The number of hydrogen-bond acceptors (Lipinski definition) is 2. The normalized spacial score (nSPS) is 11.9. The Morgan fingerprint density at radius 1 is 1.32 bits per heavy atom. The Morgan fingerprint density at radius 3 is 2.64 bits per heavy atom. The van der Waals surface area contributed by atoms with Crippen LogP contribution < -0.4 is 5.32 Å².